The minimum absolute atomic E-state index is 0.152. The van der Waals surface area contributed by atoms with E-state index in [1.54, 1.807) is 12.3 Å². The summed E-state index contributed by atoms with van der Waals surface area (Å²) < 4.78 is 38.6. The average Bonchev–Trinajstić information content (AvgIpc) is 2.45. The normalized spacial score (nSPS) is 11.8. The molecule has 1 aromatic carbocycles. The number of pyridine rings is 2. The van der Waals surface area contributed by atoms with Crippen molar-refractivity contribution in [3.8, 4) is 11.3 Å². The van der Waals surface area contributed by atoms with Crippen LogP contribution in [0.2, 0.25) is 5.15 Å². The lowest BCUT2D eigenvalue weighted by atomic mass is 10.0. The van der Waals surface area contributed by atoms with Gasteiger partial charge in [-0.25, -0.2) is 4.98 Å². The van der Waals surface area contributed by atoms with Gasteiger partial charge in [-0.1, -0.05) is 35.9 Å². The number of alkyl halides is 3. The van der Waals surface area contributed by atoms with Gasteiger partial charge < -0.3 is 0 Å². The summed E-state index contributed by atoms with van der Waals surface area (Å²) in [5.41, 5.74) is -0.161. The highest BCUT2D eigenvalue weighted by Gasteiger charge is 2.31. The quantitative estimate of drug-likeness (QED) is 0.593. The molecule has 0 amide bonds. The Morgan fingerprint density at radius 3 is 2.52 bits per heavy atom. The number of halogens is 4. The minimum atomic E-state index is -4.47. The Hall–Kier alpha value is -2.14. The van der Waals surface area contributed by atoms with Gasteiger partial charge in [0.2, 0.25) is 0 Å². The molecule has 0 spiro atoms. The molecule has 2 aromatic heterocycles. The van der Waals surface area contributed by atoms with Crippen molar-refractivity contribution in [1.29, 1.82) is 0 Å². The number of nitrogens with zero attached hydrogens (tertiary/aromatic N) is 2. The maximum Gasteiger partial charge on any atom is 0.416 e. The zero-order valence-electron chi connectivity index (χ0n) is 10.5. The molecule has 2 nitrogen and oxygen atoms in total. The van der Waals surface area contributed by atoms with Gasteiger partial charge in [0, 0.05) is 23.3 Å². The van der Waals surface area contributed by atoms with E-state index in [-0.39, 0.29) is 10.8 Å². The van der Waals surface area contributed by atoms with Gasteiger partial charge in [0.15, 0.2) is 0 Å². The predicted octanol–water partition coefficient (Wildman–Crippen LogP) is 4.97. The van der Waals surface area contributed by atoms with Crippen LogP contribution >= 0.6 is 11.6 Å². The highest BCUT2D eigenvalue weighted by Crippen LogP contribution is 2.34. The Labute approximate surface area is 123 Å². The van der Waals surface area contributed by atoms with Crippen LogP contribution in [0.25, 0.3) is 22.0 Å². The Bertz CT molecular complexity index is 810. The molecule has 0 aliphatic carbocycles. The van der Waals surface area contributed by atoms with Crippen LogP contribution in [0.3, 0.4) is 0 Å². The van der Waals surface area contributed by atoms with Gasteiger partial charge in [0.05, 0.1) is 11.3 Å². The first-order valence-electron chi connectivity index (χ1n) is 6.03. The van der Waals surface area contributed by atoms with E-state index in [9.17, 15) is 13.2 Å². The topological polar surface area (TPSA) is 25.8 Å². The highest BCUT2D eigenvalue weighted by atomic mass is 35.5. The number of rotatable bonds is 1. The Balaban J connectivity index is 2.26. The van der Waals surface area contributed by atoms with Crippen LogP contribution in [0.15, 0.2) is 48.8 Å². The number of hydrogen-bond donors (Lipinski definition) is 0. The van der Waals surface area contributed by atoms with Crippen molar-refractivity contribution in [3.05, 3.63) is 59.5 Å². The van der Waals surface area contributed by atoms with Crippen molar-refractivity contribution in [2.45, 2.75) is 6.18 Å². The van der Waals surface area contributed by atoms with Gasteiger partial charge >= 0.3 is 6.18 Å². The van der Waals surface area contributed by atoms with Crippen molar-refractivity contribution in [1.82, 2.24) is 9.97 Å². The zero-order valence-corrected chi connectivity index (χ0v) is 11.3. The Morgan fingerprint density at radius 2 is 1.76 bits per heavy atom. The van der Waals surface area contributed by atoms with E-state index >= 15 is 0 Å². The summed E-state index contributed by atoms with van der Waals surface area (Å²) in [6.07, 6.45) is -1.34. The van der Waals surface area contributed by atoms with Gasteiger partial charge in [-0.15, -0.1) is 0 Å². The molecule has 0 fully saturated rings. The Kier molecular flexibility index (Phi) is 3.29. The fraction of sp³-hybridized carbons (Fsp3) is 0.0667. The van der Waals surface area contributed by atoms with E-state index in [2.05, 4.69) is 9.97 Å². The second-order valence-electron chi connectivity index (χ2n) is 4.47. The van der Waals surface area contributed by atoms with Gasteiger partial charge in [-0.3, -0.25) is 4.98 Å². The van der Waals surface area contributed by atoms with Gasteiger partial charge in [0.1, 0.15) is 5.15 Å². The van der Waals surface area contributed by atoms with E-state index in [0.29, 0.717) is 5.56 Å². The van der Waals surface area contributed by atoms with Crippen LogP contribution < -0.4 is 0 Å². The van der Waals surface area contributed by atoms with E-state index in [4.69, 9.17) is 11.6 Å². The maximum atomic E-state index is 12.9. The molecule has 2 heterocycles. The molecule has 3 aromatic rings. The standard InChI is InChI=1S/C15H8ClF3N2/c16-14-6-10(15(17,18)19)5-13(21-14)12-8-20-7-9-3-1-2-4-11(9)12/h1-8H. The fourth-order valence-corrected chi connectivity index (χ4v) is 2.33. The Morgan fingerprint density at radius 1 is 1.00 bits per heavy atom. The molecular formula is C15H8ClF3N2. The molecule has 6 heteroatoms. The summed E-state index contributed by atoms with van der Waals surface area (Å²) in [7, 11) is 0. The first-order valence-corrected chi connectivity index (χ1v) is 6.41. The number of fused-ring (bicyclic) bond motifs is 1. The lowest BCUT2D eigenvalue weighted by molar-refractivity contribution is -0.137. The van der Waals surface area contributed by atoms with Crippen LogP contribution in [0.1, 0.15) is 5.56 Å². The van der Waals surface area contributed by atoms with Crippen molar-refractivity contribution >= 4 is 22.4 Å². The second kappa shape index (κ2) is 5.00. The fourth-order valence-electron chi connectivity index (χ4n) is 2.12. The molecule has 0 unspecified atom stereocenters. The van der Waals surface area contributed by atoms with Crippen LogP contribution in [-0.4, -0.2) is 9.97 Å². The lowest BCUT2D eigenvalue weighted by Crippen LogP contribution is -2.06. The third kappa shape index (κ3) is 2.69. The first kappa shape index (κ1) is 13.8. The third-order valence-electron chi connectivity index (χ3n) is 3.07. The molecule has 0 atom stereocenters. The second-order valence-corrected chi connectivity index (χ2v) is 4.86. The largest absolute Gasteiger partial charge is 0.416 e. The summed E-state index contributed by atoms with van der Waals surface area (Å²) in [6.45, 7) is 0. The molecule has 0 bridgehead atoms. The molecule has 106 valence electrons. The van der Waals surface area contributed by atoms with E-state index in [0.717, 1.165) is 22.9 Å². The first-order chi connectivity index (χ1) is 9.95. The summed E-state index contributed by atoms with van der Waals surface area (Å²) in [6, 6.07) is 9.07. The summed E-state index contributed by atoms with van der Waals surface area (Å²) in [5.74, 6) is 0. The third-order valence-corrected chi connectivity index (χ3v) is 3.26. The van der Waals surface area contributed by atoms with E-state index < -0.39 is 11.7 Å². The highest BCUT2D eigenvalue weighted by molar-refractivity contribution is 6.29. The molecule has 0 N–H and O–H groups in total. The molecule has 0 aliphatic rings. The predicted molar refractivity (Wildman–Crippen MR) is 75.0 cm³/mol. The number of benzene rings is 1. The summed E-state index contributed by atoms with van der Waals surface area (Å²) in [5, 5.41) is 1.40. The van der Waals surface area contributed by atoms with Crippen molar-refractivity contribution in [2.75, 3.05) is 0 Å². The summed E-state index contributed by atoms with van der Waals surface area (Å²) in [4.78, 5) is 8.04. The van der Waals surface area contributed by atoms with Gasteiger partial charge in [0.25, 0.3) is 0 Å². The molecular weight excluding hydrogens is 301 g/mol. The molecule has 21 heavy (non-hydrogen) atoms. The monoisotopic (exact) mass is 308 g/mol. The van der Waals surface area contributed by atoms with Crippen LogP contribution in [-0.2, 0) is 6.18 Å². The van der Waals surface area contributed by atoms with E-state index in [1.807, 2.05) is 18.2 Å². The molecule has 3 rings (SSSR count). The number of hydrogen-bond acceptors (Lipinski definition) is 2. The van der Waals surface area contributed by atoms with Crippen LogP contribution in [0.4, 0.5) is 13.2 Å². The maximum absolute atomic E-state index is 12.9. The van der Waals surface area contributed by atoms with Crippen molar-refractivity contribution in [3.63, 3.8) is 0 Å². The smallest absolute Gasteiger partial charge is 0.263 e. The van der Waals surface area contributed by atoms with Crippen molar-refractivity contribution < 1.29 is 13.2 Å². The molecule has 0 saturated carbocycles. The number of aromatic nitrogens is 2. The SMILES string of the molecule is FC(F)(F)c1cc(Cl)nc(-c2cncc3ccccc23)c1. The molecule has 0 saturated heterocycles. The van der Waals surface area contributed by atoms with Crippen LogP contribution in [0, 0.1) is 0 Å². The average molecular weight is 309 g/mol. The minimum Gasteiger partial charge on any atom is -0.263 e. The van der Waals surface area contributed by atoms with Crippen molar-refractivity contribution in [2.24, 2.45) is 0 Å². The van der Waals surface area contributed by atoms with Gasteiger partial charge in [-0.05, 0) is 17.5 Å². The van der Waals surface area contributed by atoms with E-state index in [1.165, 1.54) is 6.20 Å². The van der Waals surface area contributed by atoms with Crippen LogP contribution in [0.5, 0.6) is 0 Å². The molecule has 0 aliphatic heterocycles. The summed E-state index contributed by atoms with van der Waals surface area (Å²) >= 11 is 5.73. The molecule has 0 radical (unpaired) electrons. The van der Waals surface area contributed by atoms with Gasteiger partial charge in [-0.2, -0.15) is 13.2 Å². The zero-order chi connectivity index (χ0) is 15.0. The lowest BCUT2D eigenvalue weighted by Gasteiger charge is -2.10.